The van der Waals surface area contributed by atoms with Gasteiger partial charge < -0.3 is 17.3 Å². The standard InChI is InChI=1S/C7H3BrF3N2.BF4/c8-5-2-1-4(7(9,10)11)3-6(5)13-12;2-1(3,4)5/h1-3H;/q+1;-1. The summed E-state index contributed by atoms with van der Waals surface area (Å²) in [6.07, 6.45) is -4.42. The van der Waals surface area contributed by atoms with Crippen molar-refractivity contribution in [2.45, 2.75) is 6.18 Å². The summed E-state index contributed by atoms with van der Waals surface area (Å²) >= 11 is 2.94. The van der Waals surface area contributed by atoms with E-state index in [1.165, 1.54) is 6.07 Å². The molecule has 0 fully saturated rings. The fourth-order valence-corrected chi connectivity index (χ4v) is 1.09. The van der Waals surface area contributed by atoms with Crippen LogP contribution in [0.2, 0.25) is 0 Å². The number of diazo groups is 1. The predicted octanol–water partition coefficient (Wildman–Crippen LogP) is 5.25. The van der Waals surface area contributed by atoms with Gasteiger partial charge in [0.15, 0.2) is 4.98 Å². The normalized spacial score (nSPS) is 11.3. The van der Waals surface area contributed by atoms with Crippen molar-refractivity contribution in [2.75, 3.05) is 0 Å². The van der Waals surface area contributed by atoms with Gasteiger partial charge in [-0.15, -0.1) is 0 Å². The topological polar surface area (TPSA) is 28.1 Å². The van der Waals surface area contributed by atoms with Crippen molar-refractivity contribution in [3.63, 3.8) is 0 Å². The average Bonchev–Trinajstić information content (AvgIpc) is 2.14. The van der Waals surface area contributed by atoms with Crippen molar-refractivity contribution in [1.29, 1.82) is 5.39 Å². The summed E-state index contributed by atoms with van der Waals surface area (Å²) in [7, 11) is -6.00. The molecule has 0 heterocycles. The zero-order valence-electron chi connectivity index (χ0n) is 8.23. The lowest BCUT2D eigenvalue weighted by Crippen LogP contribution is -2.03. The van der Waals surface area contributed by atoms with Crippen molar-refractivity contribution >= 4 is 28.9 Å². The minimum absolute atomic E-state index is 0.144. The van der Waals surface area contributed by atoms with Crippen LogP contribution >= 0.6 is 15.9 Å². The summed E-state index contributed by atoms with van der Waals surface area (Å²) in [4.78, 5) is 2.70. The molecule has 11 heteroatoms. The van der Waals surface area contributed by atoms with E-state index in [9.17, 15) is 30.4 Å². The summed E-state index contributed by atoms with van der Waals surface area (Å²) in [6, 6.07) is 2.83. The zero-order chi connectivity index (χ0) is 14.6. The molecule has 0 bridgehead atoms. The zero-order valence-corrected chi connectivity index (χ0v) is 9.81. The van der Waals surface area contributed by atoms with Gasteiger partial charge in [0.1, 0.15) is 4.47 Å². The summed E-state index contributed by atoms with van der Waals surface area (Å²) in [5.74, 6) is 0. The summed E-state index contributed by atoms with van der Waals surface area (Å²) in [5.41, 5.74) is -0.988. The first-order valence-electron chi connectivity index (χ1n) is 4.04. The van der Waals surface area contributed by atoms with Gasteiger partial charge in [-0.25, -0.2) is 0 Å². The van der Waals surface area contributed by atoms with Crippen molar-refractivity contribution in [2.24, 2.45) is 0 Å². The molecule has 0 radical (unpaired) electrons. The lowest BCUT2D eigenvalue weighted by atomic mass is 10.2. The van der Waals surface area contributed by atoms with E-state index in [0.29, 0.717) is 4.47 Å². The highest BCUT2D eigenvalue weighted by molar-refractivity contribution is 9.10. The molecule has 1 aromatic rings. The highest BCUT2D eigenvalue weighted by Crippen LogP contribution is 2.34. The first-order valence-corrected chi connectivity index (χ1v) is 4.83. The van der Waals surface area contributed by atoms with E-state index in [4.69, 9.17) is 5.39 Å². The highest BCUT2D eigenvalue weighted by Gasteiger charge is 2.32. The largest absolute Gasteiger partial charge is 0.673 e. The molecule has 0 aliphatic heterocycles. The van der Waals surface area contributed by atoms with E-state index >= 15 is 0 Å². The van der Waals surface area contributed by atoms with Crippen LogP contribution in [0.3, 0.4) is 0 Å². The molecule has 0 N–H and O–H groups in total. The van der Waals surface area contributed by atoms with E-state index in [2.05, 4.69) is 20.9 Å². The maximum absolute atomic E-state index is 12.1. The molecular weight excluding hydrogens is 336 g/mol. The van der Waals surface area contributed by atoms with Gasteiger partial charge in [0.2, 0.25) is 5.39 Å². The molecule has 0 unspecified atom stereocenters. The maximum atomic E-state index is 12.1. The van der Waals surface area contributed by atoms with Gasteiger partial charge >= 0.3 is 19.1 Å². The molecule has 1 aromatic carbocycles. The number of rotatable bonds is 0. The van der Waals surface area contributed by atoms with Gasteiger partial charge in [0.05, 0.1) is 5.56 Å². The Bertz CT molecular complexity index is 445. The third kappa shape index (κ3) is 7.11. The third-order valence-electron chi connectivity index (χ3n) is 1.38. The van der Waals surface area contributed by atoms with Crippen LogP contribution in [0.25, 0.3) is 4.98 Å². The molecule has 0 aliphatic rings. The van der Waals surface area contributed by atoms with E-state index < -0.39 is 19.0 Å². The van der Waals surface area contributed by atoms with Gasteiger partial charge in [0.25, 0.3) is 0 Å². The third-order valence-corrected chi connectivity index (χ3v) is 2.05. The van der Waals surface area contributed by atoms with E-state index in [0.717, 1.165) is 12.1 Å². The Morgan fingerprint density at radius 2 is 1.56 bits per heavy atom. The minimum Gasteiger partial charge on any atom is -0.418 e. The van der Waals surface area contributed by atoms with Crippen molar-refractivity contribution in [3.05, 3.63) is 33.2 Å². The number of nitrogens with zero attached hydrogens (tertiary/aromatic N) is 2. The van der Waals surface area contributed by atoms with E-state index in [1.807, 2.05) is 0 Å². The Morgan fingerprint density at radius 3 is 1.89 bits per heavy atom. The highest BCUT2D eigenvalue weighted by atomic mass is 79.9. The second-order valence-electron chi connectivity index (χ2n) is 2.76. The average molecular weight is 339 g/mol. The molecule has 0 aromatic heterocycles. The monoisotopic (exact) mass is 338 g/mol. The summed E-state index contributed by atoms with van der Waals surface area (Å²) < 4.78 is 75.6. The molecule has 0 spiro atoms. The first-order chi connectivity index (χ1) is 7.95. The van der Waals surface area contributed by atoms with Crippen LogP contribution in [-0.2, 0) is 6.18 Å². The Kier molecular flexibility index (Phi) is 5.60. The molecule has 0 atom stereocenters. The lowest BCUT2D eigenvalue weighted by molar-refractivity contribution is -0.137. The predicted molar refractivity (Wildman–Crippen MR) is 54.1 cm³/mol. The number of hydrogen-bond donors (Lipinski definition) is 0. The van der Waals surface area contributed by atoms with Crippen LogP contribution in [0.1, 0.15) is 5.56 Å². The number of hydrogen-bond acceptors (Lipinski definition) is 1. The second-order valence-corrected chi connectivity index (χ2v) is 3.61. The molecule has 100 valence electrons. The van der Waals surface area contributed by atoms with E-state index in [-0.39, 0.29) is 5.69 Å². The minimum atomic E-state index is -6.00. The van der Waals surface area contributed by atoms with Gasteiger partial charge in [-0.3, -0.25) is 0 Å². The molecule has 0 saturated heterocycles. The molecule has 0 saturated carbocycles. The smallest absolute Gasteiger partial charge is 0.418 e. The van der Waals surface area contributed by atoms with Crippen LogP contribution in [0.5, 0.6) is 0 Å². The fraction of sp³-hybridized carbons (Fsp3) is 0.143. The van der Waals surface area contributed by atoms with Crippen LogP contribution in [0.4, 0.5) is 36.1 Å². The molecule has 0 amide bonds. The van der Waals surface area contributed by atoms with Gasteiger partial charge in [-0.05, 0) is 28.1 Å². The van der Waals surface area contributed by atoms with Crippen LogP contribution < -0.4 is 0 Å². The maximum Gasteiger partial charge on any atom is 0.673 e. The first kappa shape index (κ1) is 16.7. The Balaban J connectivity index is 0.000000494. The SMILES string of the molecule is F[B-](F)(F)F.N#[N+]c1cc(C(F)(F)F)ccc1Br. The number of halogens is 8. The lowest BCUT2D eigenvalue weighted by Gasteiger charge is -2.03. The summed E-state index contributed by atoms with van der Waals surface area (Å²) in [6.45, 7) is 0. The Labute approximate surface area is 105 Å². The number of benzene rings is 1. The van der Waals surface area contributed by atoms with Gasteiger partial charge in [-0.2, -0.15) is 13.2 Å². The van der Waals surface area contributed by atoms with E-state index in [1.54, 1.807) is 0 Å². The Hall–Kier alpha value is -1.31. The molecule has 2 nitrogen and oxygen atoms in total. The van der Waals surface area contributed by atoms with Crippen molar-refractivity contribution < 1.29 is 30.4 Å². The molecule has 1 rings (SSSR count). The quantitative estimate of drug-likeness (QED) is 0.360. The molecular formula is C7H3BBrF7N2. The second kappa shape index (κ2) is 6.04. The van der Waals surface area contributed by atoms with Crippen molar-refractivity contribution in [3.8, 4) is 0 Å². The van der Waals surface area contributed by atoms with Crippen LogP contribution in [-0.4, -0.2) is 7.25 Å². The fourth-order valence-electron chi connectivity index (χ4n) is 0.766. The van der Waals surface area contributed by atoms with Crippen LogP contribution in [0.15, 0.2) is 22.7 Å². The van der Waals surface area contributed by atoms with Crippen LogP contribution in [0, 0.1) is 5.39 Å². The molecule has 18 heavy (non-hydrogen) atoms. The number of alkyl halides is 3. The summed E-state index contributed by atoms with van der Waals surface area (Å²) in [5, 5.41) is 8.34. The van der Waals surface area contributed by atoms with Gasteiger partial charge in [0, 0.05) is 6.07 Å². The van der Waals surface area contributed by atoms with Gasteiger partial charge in [-0.1, -0.05) is 0 Å². The Morgan fingerprint density at radius 1 is 1.11 bits per heavy atom. The van der Waals surface area contributed by atoms with Crippen molar-refractivity contribution in [1.82, 2.24) is 0 Å². The molecule has 0 aliphatic carbocycles.